The Balaban J connectivity index is 2.35. The van der Waals surface area contributed by atoms with Crippen LogP contribution in [0.5, 0.6) is 0 Å². The number of hydrogen-bond acceptors (Lipinski definition) is 2. The van der Waals surface area contributed by atoms with E-state index in [1.807, 2.05) is 0 Å². The van der Waals surface area contributed by atoms with Crippen molar-refractivity contribution in [3.05, 3.63) is 11.8 Å². The van der Waals surface area contributed by atoms with Gasteiger partial charge in [-0.2, -0.15) is 0 Å². The van der Waals surface area contributed by atoms with Crippen LogP contribution in [0.2, 0.25) is 0 Å². The molecule has 9 heavy (non-hydrogen) atoms. The normalized spacial score (nSPS) is 47.7. The molecule has 2 aliphatic carbocycles. The molecule has 0 amide bonds. The maximum absolute atomic E-state index is 9.48. The first-order chi connectivity index (χ1) is 4.20. The number of hydrogen-bond donors (Lipinski definition) is 2. The Hall–Kier alpha value is -0.500. The molecule has 0 aliphatic heterocycles. The number of aliphatic hydroxyl groups is 2. The van der Waals surface area contributed by atoms with Crippen LogP contribution in [-0.4, -0.2) is 15.8 Å². The van der Waals surface area contributed by atoms with Crippen LogP contribution in [-0.2, 0) is 0 Å². The highest BCUT2D eigenvalue weighted by atomic mass is 16.3. The van der Waals surface area contributed by atoms with Gasteiger partial charge in [-0.25, -0.2) is 0 Å². The summed E-state index contributed by atoms with van der Waals surface area (Å²) in [6, 6.07) is 0. The largest absolute Gasteiger partial charge is 0.512 e. The van der Waals surface area contributed by atoms with E-state index < -0.39 is 5.60 Å². The van der Waals surface area contributed by atoms with E-state index in [0.717, 1.165) is 19.3 Å². The summed E-state index contributed by atoms with van der Waals surface area (Å²) in [6.45, 7) is 0. The standard InChI is InChI=1S/C7H10O2/c8-6-4-7(9)2-1-5(6)3-7/h4-5,8-9H,1-3H2. The molecule has 0 radical (unpaired) electrons. The average Bonchev–Trinajstić information content (AvgIpc) is 2.20. The summed E-state index contributed by atoms with van der Waals surface area (Å²) in [5.74, 6) is 0.679. The van der Waals surface area contributed by atoms with Crippen molar-refractivity contribution in [3.8, 4) is 0 Å². The van der Waals surface area contributed by atoms with Crippen molar-refractivity contribution in [3.63, 3.8) is 0 Å². The van der Waals surface area contributed by atoms with Crippen LogP contribution in [0.4, 0.5) is 0 Å². The highest BCUT2D eigenvalue weighted by Crippen LogP contribution is 2.45. The van der Waals surface area contributed by atoms with E-state index in [4.69, 9.17) is 5.11 Å². The lowest BCUT2D eigenvalue weighted by atomic mass is 10.0. The van der Waals surface area contributed by atoms with Crippen molar-refractivity contribution in [1.82, 2.24) is 0 Å². The van der Waals surface area contributed by atoms with Gasteiger partial charge in [0.15, 0.2) is 0 Å². The molecule has 1 fully saturated rings. The number of aliphatic hydroxyl groups excluding tert-OH is 1. The van der Waals surface area contributed by atoms with Gasteiger partial charge < -0.3 is 10.2 Å². The lowest BCUT2D eigenvalue weighted by Crippen LogP contribution is -2.18. The summed E-state index contributed by atoms with van der Waals surface area (Å²) in [7, 11) is 0. The van der Waals surface area contributed by atoms with Gasteiger partial charge in [-0.1, -0.05) is 0 Å². The minimum atomic E-state index is -0.630. The fourth-order valence-corrected chi connectivity index (χ4v) is 1.83. The van der Waals surface area contributed by atoms with Crippen LogP contribution in [0.25, 0.3) is 0 Å². The monoisotopic (exact) mass is 126 g/mol. The molecule has 0 saturated heterocycles. The van der Waals surface area contributed by atoms with Gasteiger partial charge in [0.1, 0.15) is 0 Å². The predicted molar refractivity (Wildman–Crippen MR) is 33.0 cm³/mol. The molecule has 2 aliphatic rings. The molecule has 0 heterocycles. The minimum Gasteiger partial charge on any atom is -0.512 e. The highest BCUT2D eigenvalue weighted by molar-refractivity contribution is 5.21. The molecule has 2 rings (SSSR count). The SMILES string of the molecule is OC1=CC2(O)CCC1C2. The fraction of sp³-hybridized carbons (Fsp3) is 0.714. The van der Waals surface area contributed by atoms with E-state index in [0.29, 0.717) is 5.76 Å². The van der Waals surface area contributed by atoms with E-state index in [1.165, 1.54) is 0 Å². The van der Waals surface area contributed by atoms with E-state index in [9.17, 15) is 5.11 Å². The molecule has 2 N–H and O–H groups in total. The topological polar surface area (TPSA) is 40.5 Å². The molecule has 2 atom stereocenters. The van der Waals surface area contributed by atoms with Gasteiger partial charge in [-0.05, 0) is 25.3 Å². The van der Waals surface area contributed by atoms with Crippen molar-refractivity contribution >= 4 is 0 Å². The Morgan fingerprint density at radius 2 is 2.44 bits per heavy atom. The lowest BCUT2D eigenvalue weighted by Gasteiger charge is -2.13. The van der Waals surface area contributed by atoms with Gasteiger partial charge in [0, 0.05) is 5.92 Å². The van der Waals surface area contributed by atoms with Crippen molar-refractivity contribution in [2.75, 3.05) is 0 Å². The molecule has 0 aromatic heterocycles. The molecule has 2 nitrogen and oxygen atoms in total. The van der Waals surface area contributed by atoms with E-state index in [-0.39, 0.29) is 5.92 Å². The zero-order valence-electron chi connectivity index (χ0n) is 5.17. The summed E-state index contributed by atoms with van der Waals surface area (Å²) in [5, 5.41) is 18.6. The summed E-state index contributed by atoms with van der Waals surface area (Å²) in [4.78, 5) is 0. The smallest absolute Gasteiger partial charge is 0.0943 e. The van der Waals surface area contributed by atoms with Crippen molar-refractivity contribution in [2.45, 2.75) is 24.9 Å². The molecule has 2 heteroatoms. The Bertz CT molecular complexity index is 174. The number of fused-ring (bicyclic) bond motifs is 2. The molecule has 2 unspecified atom stereocenters. The lowest BCUT2D eigenvalue weighted by molar-refractivity contribution is 0.102. The summed E-state index contributed by atoms with van der Waals surface area (Å²) in [6.07, 6.45) is 4.14. The Labute approximate surface area is 53.8 Å². The summed E-state index contributed by atoms with van der Waals surface area (Å²) >= 11 is 0. The van der Waals surface area contributed by atoms with Crippen molar-refractivity contribution in [1.29, 1.82) is 0 Å². The Morgan fingerprint density at radius 3 is 2.67 bits per heavy atom. The maximum Gasteiger partial charge on any atom is 0.0943 e. The molecule has 0 aromatic carbocycles. The first-order valence-electron chi connectivity index (χ1n) is 3.34. The third-order valence-electron chi connectivity index (χ3n) is 2.36. The van der Waals surface area contributed by atoms with E-state index in [2.05, 4.69) is 0 Å². The van der Waals surface area contributed by atoms with Crippen LogP contribution in [0, 0.1) is 5.92 Å². The van der Waals surface area contributed by atoms with Gasteiger partial charge in [-0.15, -0.1) is 0 Å². The summed E-state index contributed by atoms with van der Waals surface area (Å²) in [5.41, 5.74) is -0.630. The predicted octanol–water partition coefficient (Wildman–Crippen LogP) is 0.973. The molecule has 1 saturated carbocycles. The van der Waals surface area contributed by atoms with Gasteiger partial charge in [0.25, 0.3) is 0 Å². The molecular weight excluding hydrogens is 116 g/mol. The van der Waals surface area contributed by atoms with Crippen LogP contribution < -0.4 is 0 Å². The summed E-state index contributed by atoms with van der Waals surface area (Å²) < 4.78 is 0. The van der Waals surface area contributed by atoms with Crippen molar-refractivity contribution in [2.24, 2.45) is 5.92 Å². The molecular formula is C7H10O2. The average molecular weight is 126 g/mol. The first kappa shape index (κ1) is 5.30. The van der Waals surface area contributed by atoms with Gasteiger partial charge in [0.2, 0.25) is 0 Å². The molecule has 0 aromatic rings. The zero-order valence-corrected chi connectivity index (χ0v) is 5.17. The van der Waals surface area contributed by atoms with Gasteiger partial charge in [-0.3, -0.25) is 0 Å². The third-order valence-corrected chi connectivity index (χ3v) is 2.36. The van der Waals surface area contributed by atoms with Crippen LogP contribution in [0.1, 0.15) is 19.3 Å². The number of allylic oxidation sites excluding steroid dienone is 1. The minimum absolute atomic E-state index is 0.273. The van der Waals surface area contributed by atoms with Crippen LogP contribution >= 0.6 is 0 Å². The zero-order chi connectivity index (χ0) is 6.48. The molecule has 50 valence electrons. The Kier molecular flexibility index (Phi) is 0.776. The van der Waals surface area contributed by atoms with E-state index in [1.54, 1.807) is 6.08 Å². The van der Waals surface area contributed by atoms with Crippen LogP contribution in [0.3, 0.4) is 0 Å². The molecule has 0 spiro atoms. The fourth-order valence-electron chi connectivity index (χ4n) is 1.83. The third kappa shape index (κ3) is 0.597. The Morgan fingerprint density at radius 1 is 1.67 bits per heavy atom. The second-order valence-electron chi connectivity index (χ2n) is 3.11. The van der Waals surface area contributed by atoms with Gasteiger partial charge >= 0.3 is 0 Å². The van der Waals surface area contributed by atoms with Crippen molar-refractivity contribution < 1.29 is 10.2 Å². The van der Waals surface area contributed by atoms with Crippen LogP contribution in [0.15, 0.2) is 11.8 Å². The van der Waals surface area contributed by atoms with Gasteiger partial charge in [0.05, 0.1) is 11.4 Å². The molecule has 2 bridgehead atoms. The maximum atomic E-state index is 9.48. The van der Waals surface area contributed by atoms with E-state index >= 15 is 0 Å². The number of rotatable bonds is 0. The second-order valence-corrected chi connectivity index (χ2v) is 3.11. The first-order valence-corrected chi connectivity index (χ1v) is 3.34. The quantitative estimate of drug-likeness (QED) is 0.507. The second kappa shape index (κ2) is 1.32. The highest BCUT2D eigenvalue weighted by Gasteiger charge is 2.43.